The van der Waals surface area contributed by atoms with Crippen molar-refractivity contribution in [3.63, 3.8) is 0 Å². The maximum absolute atomic E-state index is 5.86. The van der Waals surface area contributed by atoms with Crippen LogP contribution in [0.15, 0.2) is 6.33 Å². The third kappa shape index (κ3) is 1.03. The Morgan fingerprint density at radius 2 is 2.50 bits per heavy atom. The van der Waals surface area contributed by atoms with E-state index >= 15 is 0 Å². The smallest absolute Gasteiger partial charge is 0.138 e. The van der Waals surface area contributed by atoms with E-state index in [1.807, 2.05) is 4.68 Å². The quantitative estimate of drug-likeness (QED) is 0.696. The molecule has 12 heavy (non-hydrogen) atoms. The average Bonchev–Trinajstić information content (AvgIpc) is 2.50. The van der Waals surface area contributed by atoms with E-state index in [2.05, 4.69) is 17.0 Å². The lowest BCUT2D eigenvalue weighted by Gasteiger charge is -2.32. The molecule has 0 saturated heterocycles. The third-order valence-corrected chi connectivity index (χ3v) is 2.60. The second kappa shape index (κ2) is 2.86. The molecule has 0 aromatic carbocycles. The number of rotatable bonds is 2. The molecule has 4 nitrogen and oxygen atoms in total. The molecular weight excluding hydrogens is 152 g/mol. The van der Waals surface area contributed by atoms with Gasteiger partial charge in [-0.3, -0.25) is 4.68 Å². The molecule has 0 amide bonds. The zero-order valence-electron chi connectivity index (χ0n) is 7.27. The summed E-state index contributed by atoms with van der Waals surface area (Å²) in [6.45, 7) is 2.96. The van der Waals surface area contributed by atoms with Crippen LogP contribution < -0.4 is 5.73 Å². The molecule has 1 aromatic heterocycles. The summed E-state index contributed by atoms with van der Waals surface area (Å²) in [5.41, 5.74) is 5.86. The van der Waals surface area contributed by atoms with Crippen molar-refractivity contribution in [3.05, 3.63) is 12.2 Å². The minimum absolute atomic E-state index is 0.305. The summed E-state index contributed by atoms with van der Waals surface area (Å²) in [5.74, 6) is 1.52. The van der Waals surface area contributed by atoms with Crippen molar-refractivity contribution >= 4 is 0 Å². The minimum atomic E-state index is 0.305. The van der Waals surface area contributed by atoms with Crippen LogP contribution in [0.2, 0.25) is 0 Å². The van der Waals surface area contributed by atoms with Gasteiger partial charge in [0, 0.05) is 18.5 Å². The fourth-order valence-electron chi connectivity index (χ4n) is 1.65. The summed E-state index contributed by atoms with van der Waals surface area (Å²) in [7, 11) is 0. The fourth-order valence-corrected chi connectivity index (χ4v) is 1.65. The molecule has 1 saturated carbocycles. The predicted octanol–water partition coefficient (Wildman–Crippen LogP) is 0.503. The van der Waals surface area contributed by atoms with Gasteiger partial charge in [0.1, 0.15) is 12.2 Å². The number of hydrogen-bond acceptors (Lipinski definition) is 3. The summed E-state index contributed by atoms with van der Waals surface area (Å²) >= 11 is 0. The van der Waals surface area contributed by atoms with Crippen LogP contribution in [-0.2, 0) is 6.54 Å². The molecule has 0 radical (unpaired) electrons. The van der Waals surface area contributed by atoms with Gasteiger partial charge in [-0.1, -0.05) is 0 Å². The Hall–Kier alpha value is -0.900. The molecule has 1 aliphatic carbocycles. The molecule has 0 bridgehead atoms. The van der Waals surface area contributed by atoms with Crippen LogP contribution in [0.1, 0.15) is 31.5 Å². The summed E-state index contributed by atoms with van der Waals surface area (Å²) in [6.07, 6.45) is 3.91. The molecule has 0 aliphatic heterocycles. The van der Waals surface area contributed by atoms with E-state index in [1.54, 1.807) is 6.33 Å². The lowest BCUT2D eigenvalue weighted by atomic mass is 9.79. The molecule has 2 unspecified atom stereocenters. The first-order valence-electron chi connectivity index (χ1n) is 4.46. The second-order valence-corrected chi connectivity index (χ2v) is 3.28. The van der Waals surface area contributed by atoms with Gasteiger partial charge in [0.15, 0.2) is 0 Å². The molecular formula is C8H14N4. The molecule has 1 fully saturated rings. The molecule has 1 aliphatic rings. The van der Waals surface area contributed by atoms with E-state index in [-0.39, 0.29) is 0 Å². The van der Waals surface area contributed by atoms with Crippen molar-refractivity contribution in [1.82, 2.24) is 14.8 Å². The molecule has 4 heteroatoms. The van der Waals surface area contributed by atoms with Crippen molar-refractivity contribution in [2.45, 2.75) is 38.3 Å². The van der Waals surface area contributed by atoms with Crippen molar-refractivity contribution < 1.29 is 0 Å². The van der Waals surface area contributed by atoms with Gasteiger partial charge in [0.25, 0.3) is 0 Å². The Morgan fingerprint density at radius 3 is 3.00 bits per heavy atom. The molecule has 1 aromatic rings. The van der Waals surface area contributed by atoms with Crippen molar-refractivity contribution in [1.29, 1.82) is 0 Å². The standard InChI is InChI=1S/C8H14N4/c1-2-12-8(10-5-11-12)6-3-4-7(6)9/h5-7H,2-4,9H2,1H3. The lowest BCUT2D eigenvalue weighted by Crippen LogP contribution is -2.39. The zero-order chi connectivity index (χ0) is 8.55. The van der Waals surface area contributed by atoms with E-state index in [0.29, 0.717) is 12.0 Å². The summed E-state index contributed by atoms with van der Waals surface area (Å²) < 4.78 is 1.93. The molecule has 2 N–H and O–H groups in total. The van der Waals surface area contributed by atoms with Crippen LogP contribution in [0.5, 0.6) is 0 Å². The molecule has 66 valence electrons. The monoisotopic (exact) mass is 166 g/mol. The SMILES string of the molecule is CCn1ncnc1C1CCC1N. The highest BCUT2D eigenvalue weighted by Gasteiger charge is 2.32. The summed E-state index contributed by atoms with van der Waals surface area (Å²) in [5, 5.41) is 4.12. The second-order valence-electron chi connectivity index (χ2n) is 3.28. The Labute approximate surface area is 71.8 Å². The molecule has 2 atom stereocenters. The third-order valence-electron chi connectivity index (χ3n) is 2.60. The van der Waals surface area contributed by atoms with E-state index in [4.69, 9.17) is 5.73 Å². The lowest BCUT2D eigenvalue weighted by molar-refractivity contribution is 0.320. The minimum Gasteiger partial charge on any atom is -0.327 e. The van der Waals surface area contributed by atoms with Gasteiger partial charge in [-0.25, -0.2) is 4.98 Å². The van der Waals surface area contributed by atoms with E-state index < -0.39 is 0 Å². The fraction of sp³-hybridized carbons (Fsp3) is 0.750. The molecule has 0 spiro atoms. The first-order valence-corrected chi connectivity index (χ1v) is 4.46. The number of aryl methyl sites for hydroxylation is 1. The maximum atomic E-state index is 5.86. The maximum Gasteiger partial charge on any atom is 0.138 e. The Morgan fingerprint density at radius 1 is 1.67 bits per heavy atom. The van der Waals surface area contributed by atoms with Gasteiger partial charge in [-0.2, -0.15) is 5.10 Å². The Balaban J connectivity index is 2.21. The first-order chi connectivity index (χ1) is 5.83. The number of nitrogens with two attached hydrogens (primary N) is 1. The van der Waals surface area contributed by atoms with E-state index in [1.165, 1.54) is 6.42 Å². The largest absolute Gasteiger partial charge is 0.327 e. The highest BCUT2D eigenvalue weighted by Crippen LogP contribution is 2.33. The normalized spacial score (nSPS) is 28.5. The Kier molecular flexibility index (Phi) is 1.84. The summed E-state index contributed by atoms with van der Waals surface area (Å²) in [4.78, 5) is 4.23. The van der Waals surface area contributed by atoms with Crippen LogP contribution >= 0.6 is 0 Å². The van der Waals surface area contributed by atoms with Crippen LogP contribution in [0, 0.1) is 0 Å². The first kappa shape index (κ1) is 7.73. The van der Waals surface area contributed by atoms with Gasteiger partial charge >= 0.3 is 0 Å². The topological polar surface area (TPSA) is 56.7 Å². The highest BCUT2D eigenvalue weighted by molar-refractivity contribution is 5.06. The van der Waals surface area contributed by atoms with Crippen LogP contribution in [0.3, 0.4) is 0 Å². The number of aromatic nitrogens is 3. The van der Waals surface area contributed by atoms with Gasteiger partial charge in [-0.05, 0) is 19.8 Å². The summed E-state index contributed by atoms with van der Waals surface area (Å²) in [6, 6.07) is 0.305. The van der Waals surface area contributed by atoms with E-state index in [0.717, 1.165) is 18.8 Å². The van der Waals surface area contributed by atoms with Gasteiger partial charge < -0.3 is 5.73 Å². The van der Waals surface area contributed by atoms with E-state index in [9.17, 15) is 0 Å². The van der Waals surface area contributed by atoms with Gasteiger partial charge in [0.05, 0.1) is 0 Å². The zero-order valence-corrected chi connectivity index (χ0v) is 7.27. The predicted molar refractivity (Wildman–Crippen MR) is 45.6 cm³/mol. The van der Waals surface area contributed by atoms with Crippen LogP contribution in [0.4, 0.5) is 0 Å². The molecule has 1 heterocycles. The number of hydrogen-bond donors (Lipinski definition) is 1. The molecule has 2 rings (SSSR count). The van der Waals surface area contributed by atoms with Gasteiger partial charge in [0.2, 0.25) is 0 Å². The highest BCUT2D eigenvalue weighted by atomic mass is 15.3. The van der Waals surface area contributed by atoms with Crippen LogP contribution in [0.25, 0.3) is 0 Å². The Bertz CT molecular complexity index is 268. The van der Waals surface area contributed by atoms with Crippen LogP contribution in [-0.4, -0.2) is 20.8 Å². The number of nitrogens with zero attached hydrogens (tertiary/aromatic N) is 3. The van der Waals surface area contributed by atoms with Crippen molar-refractivity contribution in [3.8, 4) is 0 Å². The van der Waals surface area contributed by atoms with Gasteiger partial charge in [-0.15, -0.1) is 0 Å². The van der Waals surface area contributed by atoms with Crippen molar-refractivity contribution in [2.75, 3.05) is 0 Å². The van der Waals surface area contributed by atoms with Crippen molar-refractivity contribution in [2.24, 2.45) is 5.73 Å². The average molecular weight is 166 g/mol.